The molecule has 0 fully saturated rings. The lowest BCUT2D eigenvalue weighted by Gasteiger charge is -1.15. The van der Waals surface area contributed by atoms with Crippen LogP contribution in [0.1, 0.15) is 13.8 Å². The fraction of sp³-hybridized carbons (Fsp3) is 1.00. The van der Waals surface area contributed by atoms with Gasteiger partial charge in [-0.2, -0.15) is 5.90 Å². The molecule has 0 aromatic rings. The van der Waals surface area contributed by atoms with Crippen LogP contribution in [0.15, 0.2) is 0 Å². The van der Waals surface area contributed by atoms with E-state index < -0.39 is 0 Å². The molecule has 2 heteroatoms. The van der Waals surface area contributed by atoms with Crippen molar-refractivity contribution in [3.63, 3.8) is 0 Å². The Labute approximate surface area is 26.2 Å². The minimum Gasteiger partial charge on any atom is -0.181 e. The third kappa shape index (κ3) is 254. The Morgan fingerprint density at radius 2 is 1.25 bits per heavy atom. The Morgan fingerprint density at radius 3 is 1.25 bits per heavy atom. The average Bonchev–Trinajstić information content (AvgIpc) is 1.50. The molecule has 0 saturated heterocycles. The van der Waals surface area contributed by atoms with Gasteiger partial charge in [0, 0.05) is 0 Å². The number of hydrogen-bond donors (Lipinski definition) is 1. The maximum Gasteiger partial charge on any atom is -0.0683 e. The third-order valence-electron chi connectivity index (χ3n) is 0. The Balaban J connectivity index is 0. The van der Waals surface area contributed by atoms with Crippen LogP contribution in [0.3, 0.4) is 0 Å². The van der Waals surface area contributed by atoms with Crippen molar-refractivity contribution in [1.82, 2.24) is 0 Å². The summed E-state index contributed by atoms with van der Waals surface area (Å²) >= 11 is 0. The van der Waals surface area contributed by atoms with Crippen molar-refractivity contribution >= 4 is 0 Å². The van der Waals surface area contributed by atoms with Crippen LogP contribution in [0, 0.1) is 0 Å². The summed E-state index contributed by atoms with van der Waals surface area (Å²) in [6.45, 7) is 4.00. The van der Waals surface area contributed by atoms with Crippen LogP contribution in [0.5, 0.6) is 0 Å². The zero-order valence-electron chi connectivity index (χ0n) is 2.99. The molecule has 0 aliphatic carbocycles. The van der Waals surface area contributed by atoms with Crippen LogP contribution in [-0.2, 0) is 5.21 Å². The van der Waals surface area contributed by atoms with E-state index in [1.807, 2.05) is 13.8 Å². The monoisotopic (exact) mass is 62.1 g/mol. The summed E-state index contributed by atoms with van der Waals surface area (Å²) in [5.41, 5.74) is 0. The molecule has 0 spiro atoms. The molecule has 2 nitrogen and oxygen atoms in total. The molecule has 0 aliphatic heterocycles. The van der Waals surface area contributed by atoms with Gasteiger partial charge in [0.05, 0.1) is 0 Å². The normalized spacial score (nSPS) is 3.00. The number of hydrogen-bond acceptors (Lipinski definition) is 1. The second-order valence-electron chi connectivity index (χ2n) is 0. The van der Waals surface area contributed by atoms with E-state index in [1.165, 1.54) is 0 Å². The highest BCUT2D eigenvalue weighted by molar-refractivity contribution is 3.50. The second-order valence-corrected chi connectivity index (χ2v) is 0. The van der Waals surface area contributed by atoms with Crippen molar-refractivity contribution in [3.8, 4) is 0 Å². The van der Waals surface area contributed by atoms with E-state index in [0.29, 0.717) is 0 Å². The van der Waals surface area contributed by atoms with Crippen molar-refractivity contribution < 1.29 is 5.21 Å². The first-order valence-corrected chi connectivity index (χ1v) is 1.24. The maximum atomic E-state index is 7.75. The molecular weight excluding hydrogens is 54.0 g/mol. The number of nitrogens with two attached hydrogens (primary N) is 1. The molecule has 0 saturated carbocycles. The summed E-state index contributed by atoms with van der Waals surface area (Å²) in [6.07, 6.45) is 0. The topological polar surface area (TPSA) is 45.9 Å². The van der Waals surface area contributed by atoms with Crippen LogP contribution < -0.4 is 5.90 Å². The van der Waals surface area contributed by atoms with Crippen molar-refractivity contribution in [2.75, 3.05) is 0 Å². The lowest BCUT2D eigenvalue weighted by atomic mass is 11.0. The van der Waals surface area contributed by atoms with Gasteiger partial charge in [-0.3, -0.25) is 0 Å². The summed E-state index contributed by atoms with van der Waals surface area (Å²) in [4.78, 5) is 0. The molecule has 0 aliphatic rings. The fourth-order valence-electron chi connectivity index (χ4n) is 0. The van der Waals surface area contributed by atoms with Crippen LogP contribution in [0.4, 0.5) is 0 Å². The zero-order chi connectivity index (χ0) is 4.00. The smallest absolute Gasteiger partial charge is 0.0683 e. The summed E-state index contributed by atoms with van der Waals surface area (Å²) in [7, 11) is 0. The van der Waals surface area contributed by atoms with Crippen LogP contribution >= 0.6 is 0 Å². The lowest BCUT2D eigenvalue weighted by Crippen LogP contribution is -1.67. The molecule has 0 aromatic carbocycles. The summed E-state index contributed by atoms with van der Waals surface area (Å²) in [5, 5.41) is 7.75. The molecule has 2 N–H and O–H groups in total. The Morgan fingerprint density at radius 1 is 1.25 bits per heavy atom. The standard InChI is InChI=1S/C2H6.H2NO/c2*1-2/h1-2H3;1H2. The van der Waals surface area contributed by atoms with Gasteiger partial charge >= 0.3 is 0 Å². The highest BCUT2D eigenvalue weighted by Crippen LogP contribution is 1.14. The van der Waals surface area contributed by atoms with Gasteiger partial charge in [-0.05, 0) is 0 Å². The lowest BCUT2D eigenvalue weighted by molar-refractivity contribution is 0.201. The Kier molecular flexibility index (Phi) is 3810. The largest absolute Gasteiger partial charge is 0.181 e. The molecule has 0 bridgehead atoms. The van der Waals surface area contributed by atoms with Gasteiger partial charge in [0.2, 0.25) is 0 Å². The highest BCUT2D eigenvalue weighted by Gasteiger charge is 0.932. The van der Waals surface area contributed by atoms with Crippen LogP contribution in [0.2, 0.25) is 0 Å². The van der Waals surface area contributed by atoms with Gasteiger partial charge in [0.15, 0.2) is 0 Å². The second kappa shape index (κ2) is 1680. The molecule has 0 amide bonds. The van der Waals surface area contributed by atoms with E-state index >= 15 is 0 Å². The van der Waals surface area contributed by atoms with Crippen molar-refractivity contribution in [2.45, 2.75) is 13.8 Å². The molecule has 4 heavy (non-hydrogen) atoms. The summed E-state index contributed by atoms with van der Waals surface area (Å²) < 4.78 is 0. The molecule has 0 unspecified atom stereocenters. The van der Waals surface area contributed by atoms with Crippen molar-refractivity contribution in [1.29, 1.82) is 0 Å². The molecule has 0 rings (SSSR count). The van der Waals surface area contributed by atoms with Gasteiger partial charge in [-0.1, -0.05) is 13.8 Å². The minimum atomic E-state index is 2.00. The van der Waals surface area contributed by atoms with Gasteiger partial charge in [0.1, 0.15) is 0 Å². The van der Waals surface area contributed by atoms with Crippen LogP contribution in [-0.4, -0.2) is 0 Å². The van der Waals surface area contributed by atoms with E-state index in [-0.39, 0.29) is 0 Å². The Hall–Kier alpha value is -0.0800. The SMILES string of the molecule is CC.N[O]. The van der Waals surface area contributed by atoms with Crippen LogP contribution in [0.25, 0.3) is 0 Å². The minimum absolute atomic E-state index is 2.00. The van der Waals surface area contributed by atoms with Crippen molar-refractivity contribution in [2.24, 2.45) is 5.90 Å². The van der Waals surface area contributed by atoms with Crippen molar-refractivity contribution in [3.05, 3.63) is 0 Å². The van der Waals surface area contributed by atoms with E-state index in [4.69, 9.17) is 5.21 Å². The Bertz CT molecular complexity index is 6.00. The molecule has 0 atom stereocenters. The van der Waals surface area contributed by atoms with Gasteiger partial charge in [-0.25, -0.2) is 0 Å². The van der Waals surface area contributed by atoms with E-state index in [0.717, 1.165) is 0 Å². The quantitative estimate of drug-likeness (QED) is 0.403. The summed E-state index contributed by atoms with van der Waals surface area (Å²) in [5.74, 6) is 3.25. The maximum absolute atomic E-state index is 7.75. The molecule has 0 heterocycles. The summed E-state index contributed by atoms with van der Waals surface area (Å²) in [6, 6.07) is 0. The highest BCUT2D eigenvalue weighted by atomic mass is 16.4. The predicted octanol–water partition coefficient (Wildman–Crippen LogP) is 0.317. The van der Waals surface area contributed by atoms with E-state index in [1.54, 1.807) is 0 Å². The van der Waals surface area contributed by atoms with Gasteiger partial charge in [-0.15, -0.1) is 5.21 Å². The van der Waals surface area contributed by atoms with Gasteiger partial charge < -0.3 is 0 Å². The first-order valence-electron chi connectivity index (χ1n) is 1.24. The predicted molar refractivity (Wildman–Crippen MR) is 16.2 cm³/mol. The molecular formula is C2H8NO. The first kappa shape index (κ1) is 9.07. The molecule has 27 valence electrons. The first-order chi connectivity index (χ1) is 2.00. The van der Waals surface area contributed by atoms with Gasteiger partial charge in [0.25, 0.3) is 0 Å². The number of rotatable bonds is 0. The molecule has 1 radical (unpaired) electrons. The van der Waals surface area contributed by atoms with E-state index in [9.17, 15) is 0 Å². The zero-order valence-corrected chi connectivity index (χ0v) is 2.99. The molecule has 0 aromatic heterocycles. The average molecular weight is 62.1 g/mol. The third-order valence-corrected chi connectivity index (χ3v) is 0. The fourth-order valence-corrected chi connectivity index (χ4v) is 0. The van der Waals surface area contributed by atoms with E-state index in [2.05, 4.69) is 5.90 Å².